The predicted molar refractivity (Wildman–Crippen MR) is 115 cm³/mol. The SMILES string of the molecule is CCN(CC)C(C)N1CCN(Cc2ccc(Cl)cc2)C(c2ccccc2)C1. The third-order valence-electron chi connectivity index (χ3n) is 5.88. The van der Waals surface area contributed by atoms with Gasteiger partial charge in [0.05, 0.1) is 6.17 Å². The Morgan fingerprint density at radius 2 is 1.67 bits per heavy atom. The summed E-state index contributed by atoms with van der Waals surface area (Å²) in [7, 11) is 0. The van der Waals surface area contributed by atoms with E-state index < -0.39 is 0 Å². The van der Waals surface area contributed by atoms with Crippen LogP contribution in [0.1, 0.15) is 37.9 Å². The molecule has 0 amide bonds. The lowest BCUT2D eigenvalue weighted by atomic mass is 10.0. The van der Waals surface area contributed by atoms with Crippen LogP contribution in [0.25, 0.3) is 0 Å². The highest BCUT2D eigenvalue weighted by molar-refractivity contribution is 6.30. The largest absolute Gasteiger partial charge is 0.290 e. The van der Waals surface area contributed by atoms with Crippen LogP contribution >= 0.6 is 11.6 Å². The van der Waals surface area contributed by atoms with Crippen LogP contribution < -0.4 is 0 Å². The molecule has 1 aliphatic rings. The van der Waals surface area contributed by atoms with Gasteiger partial charge < -0.3 is 0 Å². The first-order valence-corrected chi connectivity index (χ1v) is 10.5. The molecule has 0 bridgehead atoms. The number of benzene rings is 2. The van der Waals surface area contributed by atoms with Crippen LogP contribution in [-0.2, 0) is 6.54 Å². The fourth-order valence-corrected chi connectivity index (χ4v) is 4.29. The van der Waals surface area contributed by atoms with Gasteiger partial charge in [0.15, 0.2) is 0 Å². The molecule has 1 saturated heterocycles. The summed E-state index contributed by atoms with van der Waals surface area (Å²) in [5.74, 6) is 0. The zero-order valence-electron chi connectivity index (χ0n) is 16.8. The van der Waals surface area contributed by atoms with E-state index in [0.717, 1.165) is 44.3 Å². The standard InChI is InChI=1S/C23H32ClN3/c1-4-25(5-2)19(3)26-15-16-27(17-20-11-13-22(24)14-12-20)23(18-26)21-9-7-6-8-10-21/h6-14,19,23H,4-5,15-18H2,1-3H3. The van der Waals surface area contributed by atoms with E-state index in [4.69, 9.17) is 11.6 Å². The molecule has 0 spiro atoms. The highest BCUT2D eigenvalue weighted by atomic mass is 35.5. The predicted octanol–water partition coefficient (Wildman–Crippen LogP) is 4.89. The highest BCUT2D eigenvalue weighted by Crippen LogP contribution is 2.28. The molecule has 0 saturated carbocycles. The Balaban J connectivity index is 1.79. The minimum atomic E-state index is 0.411. The van der Waals surface area contributed by atoms with Gasteiger partial charge in [-0.15, -0.1) is 0 Å². The van der Waals surface area contributed by atoms with Crippen LogP contribution in [0, 0.1) is 0 Å². The second kappa shape index (κ2) is 9.70. The summed E-state index contributed by atoms with van der Waals surface area (Å²) in [6.45, 7) is 13.3. The summed E-state index contributed by atoms with van der Waals surface area (Å²) in [4.78, 5) is 7.80. The molecular formula is C23H32ClN3. The average molecular weight is 386 g/mol. The van der Waals surface area contributed by atoms with Crippen LogP contribution in [0.3, 0.4) is 0 Å². The van der Waals surface area contributed by atoms with Crippen LogP contribution in [0.4, 0.5) is 0 Å². The summed E-state index contributed by atoms with van der Waals surface area (Å²) in [6, 6.07) is 19.6. The van der Waals surface area contributed by atoms with E-state index in [-0.39, 0.29) is 0 Å². The van der Waals surface area contributed by atoms with E-state index >= 15 is 0 Å². The number of hydrogen-bond acceptors (Lipinski definition) is 3. The first-order chi connectivity index (χ1) is 13.1. The quantitative estimate of drug-likeness (QED) is 0.672. The Labute approximate surface area is 169 Å². The van der Waals surface area contributed by atoms with Crippen LogP contribution in [0.15, 0.2) is 54.6 Å². The molecule has 0 aromatic heterocycles. The highest BCUT2D eigenvalue weighted by Gasteiger charge is 2.31. The molecular weight excluding hydrogens is 354 g/mol. The van der Waals surface area contributed by atoms with Gasteiger partial charge in [-0.3, -0.25) is 14.7 Å². The second-order valence-corrected chi connectivity index (χ2v) is 7.81. The van der Waals surface area contributed by atoms with Gasteiger partial charge in [-0.05, 0) is 43.3 Å². The number of rotatable bonds is 7. The van der Waals surface area contributed by atoms with Gasteiger partial charge in [0.2, 0.25) is 0 Å². The van der Waals surface area contributed by atoms with Crippen molar-refractivity contribution < 1.29 is 0 Å². The van der Waals surface area contributed by atoms with Crippen molar-refractivity contribution in [3.8, 4) is 0 Å². The van der Waals surface area contributed by atoms with Gasteiger partial charge in [-0.1, -0.05) is 67.9 Å². The lowest BCUT2D eigenvalue weighted by Crippen LogP contribution is -2.55. The lowest BCUT2D eigenvalue weighted by molar-refractivity contribution is -0.00857. The summed E-state index contributed by atoms with van der Waals surface area (Å²) in [5.41, 5.74) is 2.73. The van der Waals surface area contributed by atoms with E-state index in [2.05, 4.69) is 77.9 Å². The summed E-state index contributed by atoms with van der Waals surface area (Å²) in [6.07, 6.45) is 0.476. The van der Waals surface area contributed by atoms with Gasteiger partial charge in [0.25, 0.3) is 0 Å². The van der Waals surface area contributed by atoms with Crippen molar-refractivity contribution in [2.24, 2.45) is 0 Å². The van der Waals surface area contributed by atoms with Crippen LogP contribution in [0.5, 0.6) is 0 Å². The molecule has 1 heterocycles. The zero-order chi connectivity index (χ0) is 19.2. The maximum Gasteiger partial charge on any atom is 0.0594 e. The third kappa shape index (κ3) is 5.11. The van der Waals surface area contributed by atoms with E-state index in [0.29, 0.717) is 12.2 Å². The first-order valence-electron chi connectivity index (χ1n) is 10.1. The molecule has 3 rings (SSSR count). The fourth-order valence-electron chi connectivity index (χ4n) is 4.17. The molecule has 2 unspecified atom stereocenters. The van der Waals surface area contributed by atoms with Gasteiger partial charge in [0.1, 0.15) is 0 Å². The topological polar surface area (TPSA) is 9.72 Å². The molecule has 146 valence electrons. The summed E-state index contributed by atoms with van der Waals surface area (Å²) in [5, 5.41) is 0.802. The molecule has 1 aliphatic heterocycles. The van der Waals surface area contributed by atoms with Crippen molar-refractivity contribution in [3.05, 3.63) is 70.7 Å². The maximum atomic E-state index is 6.07. The first kappa shape index (κ1) is 20.3. The molecule has 3 nitrogen and oxygen atoms in total. The van der Waals surface area contributed by atoms with Crippen molar-refractivity contribution in [1.82, 2.24) is 14.7 Å². The fraction of sp³-hybridized carbons (Fsp3) is 0.478. The normalized spacial score (nSPS) is 20.1. The van der Waals surface area contributed by atoms with Crippen LogP contribution in [-0.4, -0.2) is 53.6 Å². The number of piperazine rings is 1. The third-order valence-corrected chi connectivity index (χ3v) is 6.13. The molecule has 0 aliphatic carbocycles. The summed E-state index contributed by atoms with van der Waals surface area (Å²) < 4.78 is 0. The maximum absolute atomic E-state index is 6.07. The van der Waals surface area contributed by atoms with Crippen molar-refractivity contribution in [1.29, 1.82) is 0 Å². The molecule has 0 N–H and O–H groups in total. The van der Waals surface area contributed by atoms with Gasteiger partial charge >= 0.3 is 0 Å². The van der Waals surface area contributed by atoms with Crippen molar-refractivity contribution >= 4 is 11.6 Å². The van der Waals surface area contributed by atoms with E-state index in [1.165, 1.54) is 11.1 Å². The van der Waals surface area contributed by atoms with Crippen LogP contribution in [0.2, 0.25) is 5.02 Å². The Morgan fingerprint density at radius 1 is 1.00 bits per heavy atom. The number of nitrogens with zero attached hydrogens (tertiary/aromatic N) is 3. The monoisotopic (exact) mass is 385 g/mol. The Kier molecular flexibility index (Phi) is 7.31. The molecule has 1 fully saturated rings. The van der Waals surface area contributed by atoms with E-state index in [1.807, 2.05) is 12.1 Å². The van der Waals surface area contributed by atoms with Crippen molar-refractivity contribution in [2.45, 2.75) is 39.5 Å². The van der Waals surface area contributed by atoms with E-state index in [1.54, 1.807) is 0 Å². The Morgan fingerprint density at radius 3 is 2.30 bits per heavy atom. The number of halogens is 1. The Bertz CT molecular complexity index is 685. The van der Waals surface area contributed by atoms with Gasteiger partial charge in [0, 0.05) is 37.2 Å². The van der Waals surface area contributed by atoms with Gasteiger partial charge in [-0.2, -0.15) is 0 Å². The summed E-state index contributed by atoms with van der Waals surface area (Å²) >= 11 is 6.07. The van der Waals surface area contributed by atoms with E-state index in [9.17, 15) is 0 Å². The molecule has 2 atom stereocenters. The van der Waals surface area contributed by atoms with Gasteiger partial charge in [-0.25, -0.2) is 0 Å². The molecule has 2 aromatic carbocycles. The van der Waals surface area contributed by atoms with Crippen molar-refractivity contribution in [2.75, 3.05) is 32.7 Å². The van der Waals surface area contributed by atoms with Crippen molar-refractivity contribution in [3.63, 3.8) is 0 Å². The molecule has 0 radical (unpaired) electrons. The Hall–Kier alpha value is -1.39. The minimum Gasteiger partial charge on any atom is -0.290 e. The molecule has 27 heavy (non-hydrogen) atoms. The average Bonchev–Trinajstić information content (AvgIpc) is 2.71. The molecule has 2 aromatic rings. The second-order valence-electron chi connectivity index (χ2n) is 7.37. The molecule has 4 heteroatoms. The number of hydrogen-bond donors (Lipinski definition) is 0. The zero-order valence-corrected chi connectivity index (χ0v) is 17.6. The minimum absolute atomic E-state index is 0.411. The lowest BCUT2D eigenvalue weighted by Gasteiger charge is -2.46. The smallest absolute Gasteiger partial charge is 0.0594 e.